The van der Waals surface area contributed by atoms with E-state index in [1.807, 2.05) is 30.0 Å². The average Bonchev–Trinajstić information content (AvgIpc) is 3.48. The van der Waals surface area contributed by atoms with Crippen LogP contribution in [-0.2, 0) is 0 Å². The van der Waals surface area contributed by atoms with Gasteiger partial charge >= 0.3 is 0 Å². The number of fused-ring (bicyclic) bond motifs is 4. The fourth-order valence-corrected chi connectivity index (χ4v) is 4.78. The quantitative estimate of drug-likeness (QED) is 0.557. The molecule has 8 heteroatoms. The Hall–Kier alpha value is -3.13. The molecule has 2 N–H and O–H groups in total. The molecule has 0 unspecified atom stereocenters. The van der Waals surface area contributed by atoms with Gasteiger partial charge < -0.3 is 15.0 Å². The zero-order chi connectivity index (χ0) is 19.4. The number of nitrogens with one attached hydrogen (secondary N) is 2. The van der Waals surface area contributed by atoms with Crippen LogP contribution in [0.5, 0.6) is 5.75 Å². The molecule has 148 valence electrons. The predicted octanol–water partition coefficient (Wildman–Crippen LogP) is 2.33. The summed E-state index contributed by atoms with van der Waals surface area (Å²) in [6.07, 6.45) is 5.70. The molecule has 29 heavy (non-hydrogen) atoms. The van der Waals surface area contributed by atoms with Gasteiger partial charge in [0.05, 0.1) is 29.9 Å². The van der Waals surface area contributed by atoms with E-state index in [2.05, 4.69) is 43.7 Å². The van der Waals surface area contributed by atoms with Crippen molar-refractivity contribution in [1.29, 1.82) is 0 Å². The maximum absolute atomic E-state index is 5.77. The third kappa shape index (κ3) is 2.66. The highest BCUT2D eigenvalue weighted by Crippen LogP contribution is 2.34. The van der Waals surface area contributed by atoms with Crippen LogP contribution in [0.25, 0.3) is 27.7 Å². The van der Waals surface area contributed by atoms with Crippen LogP contribution >= 0.6 is 0 Å². The van der Waals surface area contributed by atoms with Gasteiger partial charge in [-0.05, 0) is 37.0 Å². The van der Waals surface area contributed by atoms with Gasteiger partial charge in [0.15, 0.2) is 5.65 Å². The van der Waals surface area contributed by atoms with Crippen LogP contribution in [0, 0.1) is 11.8 Å². The molecule has 2 atom stereocenters. The van der Waals surface area contributed by atoms with Crippen molar-refractivity contribution < 1.29 is 4.74 Å². The summed E-state index contributed by atoms with van der Waals surface area (Å²) in [6, 6.07) is 6.35. The van der Waals surface area contributed by atoms with E-state index in [-0.39, 0.29) is 0 Å². The molecule has 0 spiro atoms. The molecule has 0 radical (unpaired) electrons. The normalized spacial score (nSPS) is 21.3. The molecule has 0 amide bonds. The molecule has 0 bridgehead atoms. The molecule has 2 saturated heterocycles. The lowest BCUT2D eigenvalue weighted by Gasteiger charge is -2.19. The second-order valence-corrected chi connectivity index (χ2v) is 7.94. The van der Waals surface area contributed by atoms with Crippen molar-refractivity contribution in [2.75, 3.05) is 37.7 Å². The first-order valence-corrected chi connectivity index (χ1v) is 10.2. The summed E-state index contributed by atoms with van der Waals surface area (Å²) in [6.45, 7) is 7.03. The lowest BCUT2D eigenvalue weighted by Crippen LogP contribution is -2.26. The van der Waals surface area contributed by atoms with E-state index in [0.29, 0.717) is 6.61 Å². The van der Waals surface area contributed by atoms with E-state index in [1.165, 1.54) is 0 Å². The van der Waals surface area contributed by atoms with Crippen LogP contribution in [0.2, 0.25) is 0 Å². The lowest BCUT2D eigenvalue weighted by molar-refractivity contribution is 0.338. The molecule has 2 aliphatic rings. The molecule has 6 heterocycles. The third-order valence-corrected chi connectivity index (χ3v) is 6.19. The van der Waals surface area contributed by atoms with E-state index in [0.717, 1.165) is 77.3 Å². The first kappa shape index (κ1) is 16.8. The molecule has 0 aliphatic carbocycles. The van der Waals surface area contributed by atoms with Crippen LogP contribution < -0.4 is 15.0 Å². The molecular formula is C21H23N7O. The average molecular weight is 389 g/mol. The maximum atomic E-state index is 5.77. The number of rotatable bonds is 4. The summed E-state index contributed by atoms with van der Waals surface area (Å²) in [7, 11) is 0. The molecule has 0 saturated carbocycles. The minimum Gasteiger partial charge on any atom is -0.492 e. The van der Waals surface area contributed by atoms with Crippen molar-refractivity contribution in [2.45, 2.75) is 6.92 Å². The fraction of sp³-hybridized carbons (Fsp3) is 0.381. The highest BCUT2D eigenvalue weighted by atomic mass is 16.5. The largest absolute Gasteiger partial charge is 0.492 e. The van der Waals surface area contributed by atoms with E-state index in [9.17, 15) is 0 Å². The Morgan fingerprint density at radius 2 is 2.03 bits per heavy atom. The van der Waals surface area contributed by atoms with Gasteiger partial charge in [-0.25, -0.2) is 9.50 Å². The van der Waals surface area contributed by atoms with Crippen molar-refractivity contribution in [3.05, 3.63) is 36.8 Å². The summed E-state index contributed by atoms with van der Waals surface area (Å²) in [4.78, 5) is 7.23. The van der Waals surface area contributed by atoms with Crippen LogP contribution in [0.15, 0.2) is 36.8 Å². The zero-order valence-corrected chi connectivity index (χ0v) is 16.3. The first-order valence-electron chi connectivity index (χ1n) is 10.2. The smallest absolute Gasteiger partial charge is 0.178 e. The van der Waals surface area contributed by atoms with Gasteiger partial charge in [0.2, 0.25) is 0 Å². The van der Waals surface area contributed by atoms with E-state index >= 15 is 0 Å². The molecular weight excluding hydrogens is 366 g/mol. The third-order valence-electron chi connectivity index (χ3n) is 6.19. The van der Waals surface area contributed by atoms with Crippen molar-refractivity contribution in [1.82, 2.24) is 30.1 Å². The van der Waals surface area contributed by atoms with Gasteiger partial charge in [0.1, 0.15) is 11.6 Å². The number of anilines is 1. The Morgan fingerprint density at radius 3 is 2.79 bits per heavy atom. The van der Waals surface area contributed by atoms with Crippen molar-refractivity contribution in [2.24, 2.45) is 11.8 Å². The Bertz CT molecular complexity index is 1170. The Labute approximate surface area is 167 Å². The maximum Gasteiger partial charge on any atom is 0.178 e. The minimum atomic E-state index is 0.606. The number of aromatic nitrogens is 5. The fourth-order valence-electron chi connectivity index (χ4n) is 4.78. The number of aromatic amines is 1. The SMILES string of the molecule is CCOc1cc(-c2ccc(N3C[C@H]4CNC[C@H]4C3)nc2)c2c3cn[nH]c3nn2c1. The van der Waals surface area contributed by atoms with Crippen LogP contribution in [-0.4, -0.2) is 57.6 Å². The molecule has 6 rings (SSSR count). The van der Waals surface area contributed by atoms with E-state index < -0.39 is 0 Å². The van der Waals surface area contributed by atoms with Crippen LogP contribution in [0.3, 0.4) is 0 Å². The Morgan fingerprint density at radius 1 is 1.17 bits per heavy atom. The molecule has 4 aromatic rings. The van der Waals surface area contributed by atoms with Gasteiger partial charge in [-0.15, -0.1) is 5.10 Å². The summed E-state index contributed by atoms with van der Waals surface area (Å²) in [5.74, 6) is 3.35. The number of H-pyrrole nitrogens is 1. The number of ether oxygens (including phenoxy) is 1. The Kier molecular flexibility index (Phi) is 3.73. The lowest BCUT2D eigenvalue weighted by atomic mass is 10.0. The predicted molar refractivity (Wildman–Crippen MR) is 111 cm³/mol. The number of nitrogens with zero attached hydrogens (tertiary/aromatic N) is 5. The molecule has 8 nitrogen and oxygen atoms in total. The van der Waals surface area contributed by atoms with Gasteiger partial charge in [0.25, 0.3) is 0 Å². The Balaban J connectivity index is 1.41. The molecule has 0 aromatic carbocycles. The van der Waals surface area contributed by atoms with Gasteiger partial charge in [-0.2, -0.15) is 5.10 Å². The molecule has 2 aliphatic heterocycles. The topological polar surface area (TPSA) is 83.4 Å². The highest BCUT2D eigenvalue weighted by molar-refractivity contribution is 6.00. The van der Waals surface area contributed by atoms with Crippen LogP contribution in [0.1, 0.15) is 6.92 Å². The summed E-state index contributed by atoms with van der Waals surface area (Å²) in [5, 5.41) is 16.2. The van der Waals surface area contributed by atoms with E-state index in [4.69, 9.17) is 9.72 Å². The van der Waals surface area contributed by atoms with Gasteiger partial charge in [-0.3, -0.25) is 5.10 Å². The van der Waals surface area contributed by atoms with Gasteiger partial charge in [0, 0.05) is 43.5 Å². The van der Waals surface area contributed by atoms with Crippen molar-refractivity contribution in [3.63, 3.8) is 0 Å². The van der Waals surface area contributed by atoms with Crippen LogP contribution in [0.4, 0.5) is 5.82 Å². The summed E-state index contributed by atoms with van der Waals surface area (Å²) >= 11 is 0. The van der Waals surface area contributed by atoms with Gasteiger partial charge in [-0.1, -0.05) is 0 Å². The molecule has 2 fully saturated rings. The second kappa shape index (κ2) is 6.45. The van der Waals surface area contributed by atoms with Crippen molar-refractivity contribution in [3.8, 4) is 16.9 Å². The highest BCUT2D eigenvalue weighted by Gasteiger charge is 2.36. The zero-order valence-electron chi connectivity index (χ0n) is 16.3. The monoisotopic (exact) mass is 389 g/mol. The number of hydrogen-bond donors (Lipinski definition) is 2. The molecule has 4 aromatic heterocycles. The standard InChI is InChI=1S/C21H23N7O/c1-2-29-16-5-17(20-18-9-24-25-21(18)26-28(20)12-16)13-3-4-19(23-8-13)27-10-14-6-22-7-15(14)11-27/h3-5,8-9,12,14-15,22H,2,6-7,10-11H2,1H3,(H,25,26)/t14-,15+. The first-order chi connectivity index (χ1) is 14.3. The van der Waals surface area contributed by atoms with Crippen molar-refractivity contribution >= 4 is 22.4 Å². The summed E-state index contributed by atoms with van der Waals surface area (Å²) in [5.41, 5.74) is 3.86. The number of hydrogen-bond acceptors (Lipinski definition) is 6. The minimum absolute atomic E-state index is 0.606. The summed E-state index contributed by atoms with van der Waals surface area (Å²) < 4.78 is 7.64. The van der Waals surface area contributed by atoms with E-state index in [1.54, 1.807) is 0 Å². The number of pyridine rings is 2. The second-order valence-electron chi connectivity index (χ2n) is 7.94.